The maximum atomic E-state index is 4.74. The summed E-state index contributed by atoms with van der Waals surface area (Å²) in [5.74, 6) is 1.02. The smallest absolute Gasteiger partial charge is 0.130 e. The lowest BCUT2D eigenvalue weighted by molar-refractivity contribution is 0.608. The van der Waals surface area contributed by atoms with E-state index in [1.807, 2.05) is 30.2 Å². The minimum atomic E-state index is 0.674. The van der Waals surface area contributed by atoms with Gasteiger partial charge in [-0.15, -0.1) is 11.3 Å². The van der Waals surface area contributed by atoms with Crippen molar-refractivity contribution in [2.75, 3.05) is 0 Å². The normalized spacial score (nSPS) is 11.2. The van der Waals surface area contributed by atoms with Crippen molar-refractivity contribution in [1.82, 2.24) is 24.3 Å². The van der Waals surface area contributed by atoms with E-state index in [2.05, 4.69) is 58.7 Å². The zero-order chi connectivity index (χ0) is 18.1. The Morgan fingerprint density at radius 3 is 2.69 bits per heavy atom. The molecule has 0 aliphatic rings. The lowest BCUT2D eigenvalue weighted by Gasteiger charge is -2.05. The summed E-state index contributed by atoms with van der Waals surface area (Å²) in [5, 5.41) is 5.84. The van der Waals surface area contributed by atoms with Gasteiger partial charge in [-0.05, 0) is 38.5 Å². The Morgan fingerprint density at radius 1 is 1.08 bits per heavy atom. The zero-order valence-electron chi connectivity index (χ0n) is 15.2. The number of nitrogens with zero attached hydrogens (tertiary/aromatic N) is 5. The molecule has 4 rings (SSSR count). The van der Waals surface area contributed by atoms with Crippen LogP contribution in [0.5, 0.6) is 0 Å². The van der Waals surface area contributed by atoms with Crippen molar-refractivity contribution in [2.45, 2.75) is 33.9 Å². The molecule has 5 nitrogen and oxygen atoms in total. The third-order valence-corrected chi connectivity index (χ3v) is 5.53. The van der Waals surface area contributed by atoms with Crippen LogP contribution in [0.4, 0.5) is 0 Å². The van der Waals surface area contributed by atoms with Crippen molar-refractivity contribution in [3.63, 3.8) is 0 Å². The molecular weight excluding hydrogens is 342 g/mol. The van der Waals surface area contributed by atoms with Crippen LogP contribution in [-0.4, -0.2) is 24.3 Å². The van der Waals surface area contributed by atoms with Gasteiger partial charge in [0, 0.05) is 30.7 Å². The number of thiazole rings is 1. The van der Waals surface area contributed by atoms with E-state index in [-0.39, 0.29) is 0 Å². The van der Waals surface area contributed by atoms with Crippen LogP contribution in [0.15, 0.2) is 48.9 Å². The SMILES string of the molecule is CCn1ccnc1Cn1ccc(-c2cccc(-c3sc(C)nc3C)c2)n1. The molecule has 132 valence electrons. The molecule has 0 atom stereocenters. The molecule has 0 aliphatic heterocycles. The lowest BCUT2D eigenvalue weighted by atomic mass is 10.1. The number of imidazole rings is 1. The van der Waals surface area contributed by atoms with Gasteiger partial charge in [-0.1, -0.05) is 18.2 Å². The van der Waals surface area contributed by atoms with Crippen LogP contribution < -0.4 is 0 Å². The van der Waals surface area contributed by atoms with Gasteiger partial charge in [-0.3, -0.25) is 4.68 Å². The minimum Gasteiger partial charge on any atom is -0.334 e. The maximum absolute atomic E-state index is 4.74. The number of hydrogen-bond donors (Lipinski definition) is 0. The Bertz CT molecular complexity index is 1040. The fourth-order valence-electron chi connectivity index (χ4n) is 3.15. The summed E-state index contributed by atoms with van der Waals surface area (Å²) >= 11 is 1.74. The molecule has 4 aromatic rings. The Morgan fingerprint density at radius 2 is 1.92 bits per heavy atom. The highest BCUT2D eigenvalue weighted by molar-refractivity contribution is 7.15. The summed E-state index contributed by atoms with van der Waals surface area (Å²) in [6.07, 6.45) is 5.85. The number of aryl methyl sites for hydroxylation is 3. The first-order chi connectivity index (χ1) is 12.6. The van der Waals surface area contributed by atoms with E-state index >= 15 is 0 Å². The molecule has 1 aromatic carbocycles. The van der Waals surface area contributed by atoms with Crippen molar-refractivity contribution < 1.29 is 0 Å². The van der Waals surface area contributed by atoms with Gasteiger partial charge < -0.3 is 4.57 Å². The van der Waals surface area contributed by atoms with Crippen molar-refractivity contribution in [2.24, 2.45) is 0 Å². The molecule has 3 aromatic heterocycles. The third-order valence-electron chi connectivity index (χ3n) is 4.41. The standard InChI is InChI=1S/C20H21N5S/c1-4-24-11-9-21-19(24)13-25-10-8-18(23-25)16-6-5-7-17(12-16)20-14(2)22-15(3)26-20/h5-12H,4,13H2,1-3H3. The molecule has 0 saturated carbocycles. The quantitative estimate of drug-likeness (QED) is 0.522. The van der Waals surface area contributed by atoms with Crippen molar-refractivity contribution in [3.8, 4) is 21.7 Å². The van der Waals surface area contributed by atoms with Gasteiger partial charge in [0.2, 0.25) is 0 Å². The van der Waals surface area contributed by atoms with Crippen LogP contribution in [0.3, 0.4) is 0 Å². The highest BCUT2D eigenvalue weighted by atomic mass is 32.1. The van der Waals surface area contributed by atoms with Crippen LogP contribution in [0.25, 0.3) is 21.7 Å². The van der Waals surface area contributed by atoms with E-state index in [0.29, 0.717) is 6.54 Å². The van der Waals surface area contributed by atoms with E-state index in [1.54, 1.807) is 11.3 Å². The summed E-state index contributed by atoms with van der Waals surface area (Å²) in [6, 6.07) is 10.6. The van der Waals surface area contributed by atoms with Gasteiger partial charge in [-0.25, -0.2) is 9.97 Å². The van der Waals surface area contributed by atoms with Gasteiger partial charge in [0.25, 0.3) is 0 Å². The van der Waals surface area contributed by atoms with E-state index in [4.69, 9.17) is 5.10 Å². The molecule has 0 fully saturated rings. The monoisotopic (exact) mass is 363 g/mol. The summed E-state index contributed by atoms with van der Waals surface area (Å²) in [5.41, 5.74) is 4.37. The van der Waals surface area contributed by atoms with E-state index < -0.39 is 0 Å². The fourth-order valence-corrected chi connectivity index (χ4v) is 4.06. The number of rotatable bonds is 5. The van der Waals surface area contributed by atoms with E-state index in [0.717, 1.165) is 34.3 Å². The average Bonchev–Trinajstić information content (AvgIpc) is 3.36. The van der Waals surface area contributed by atoms with Gasteiger partial charge in [0.1, 0.15) is 5.82 Å². The van der Waals surface area contributed by atoms with Gasteiger partial charge in [0.05, 0.1) is 27.8 Å². The summed E-state index contributed by atoms with van der Waals surface area (Å²) < 4.78 is 4.08. The molecule has 0 amide bonds. The Hall–Kier alpha value is -2.73. The maximum Gasteiger partial charge on any atom is 0.130 e. The van der Waals surface area contributed by atoms with Crippen LogP contribution in [-0.2, 0) is 13.1 Å². The lowest BCUT2D eigenvalue weighted by Crippen LogP contribution is -2.08. The molecule has 0 spiro atoms. The molecule has 0 saturated heterocycles. The first-order valence-corrected chi connectivity index (χ1v) is 9.54. The summed E-state index contributed by atoms with van der Waals surface area (Å²) in [4.78, 5) is 10.2. The Labute approximate surface area is 157 Å². The van der Waals surface area contributed by atoms with Crippen LogP contribution in [0.2, 0.25) is 0 Å². The third kappa shape index (κ3) is 3.20. The first kappa shape index (κ1) is 16.7. The highest BCUT2D eigenvalue weighted by Gasteiger charge is 2.10. The van der Waals surface area contributed by atoms with Gasteiger partial charge in [0.15, 0.2) is 0 Å². The molecule has 0 N–H and O–H groups in total. The number of benzene rings is 1. The van der Waals surface area contributed by atoms with Crippen LogP contribution in [0, 0.1) is 13.8 Å². The highest BCUT2D eigenvalue weighted by Crippen LogP contribution is 2.32. The molecule has 0 unspecified atom stereocenters. The number of aromatic nitrogens is 5. The molecular formula is C20H21N5S. The topological polar surface area (TPSA) is 48.5 Å². The molecule has 6 heteroatoms. The van der Waals surface area contributed by atoms with Gasteiger partial charge in [-0.2, -0.15) is 5.10 Å². The molecule has 0 bridgehead atoms. The molecule has 26 heavy (non-hydrogen) atoms. The van der Waals surface area contributed by atoms with Crippen molar-refractivity contribution >= 4 is 11.3 Å². The van der Waals surface area contributed by atoms with E-state index in [9.17, 15) is 0 Å². The Kier molecular flexibility index (Phi) is 4.42. The average molecular weight is 363 g/mol. The summed E-state index contributed by atoms with van der Waals surface area (Å²) in [6.45, 7) is 7.82. The largest absolute Gasteiger partial charge is 0.334 e. The first-order valence-electron chi connectivity index (χ1n) is 8.72. The molecule has 0 aliphatic carbocycles. The zero-order valence-corrected chi connectivity index (χ0v) is 16.0. The second-order valence-corrected chi connectivity index (χ2v) is 7.46. The van der Waals surface area contributed by atoms with Crippen molar-refractivity contribution in [1.29, 1.82) is 0 Å². The minimum absolute atomic E-state index is 0.674. The fraction of sp³-hybridized carbons (Fsp3) is 0.250. The van der Waals surface area contributed by atoms with Crippen molar-refractivity contribution in [3.05, 3.63) is 65.4 Å². The molecule has 3 heterocycles. The van der Waals surface area contributed by atoms with Gasteiger partial charge >= 0.3 is 0 Å². The Balaban J connectivity index is 1.62. The van der Waals surface area contributed by atoms with Crippen LogP contribution in [0.1, 0.15) is 23.4 Å². The number of hydrogen-bond acceptors (Lipinski definition) is 4. The van der Waals surface area contributed by atoms with Crippen LogP contribution >= 0.6 is 11.3 Å². The predicted molar refractivity (Wildman–Crippen MR) is 105 cm³/mol. The second-order valence-electron chi connectivity index (χ2n) is 6.26. The van der Waals surface area contributed by atoms with E-state index in [1.165, 1.54) is 10.4 Å². The second kappa shape index (κ2) is 6.88. The predicted octanol–water partition coefficient (Wildman–Crippen LogP) is 4.56. The molecule has 0 radical (unpaired) electrons. The summed E-state index contributed by atoms with van der Waals surface area (Å²) in [7, 11) is 0.